The quantitative estimate of drug-likeness (QED) is 0.352. The van der Waals surface area contributed by atoms with Gasteiger partial charge in [-0.3, -0.25) is 4.98 Å². The van der Waals surface area contributed by atoms with E-state index in [1.54, 1.807) is 12.4 Å². The number of aromatic nitrogens is 1. The summed E-state index contributed by atoms with van der Waals surface area (Å²) in [5, 5.41) is 0. The standard InChI is InChI=1S/C8H10N.C8H9N.C5H5N.C5H10.Ti/c2*1-6-4-3-5-7(2)8(6)9;1-2-4-6-5-3-1;1-2-4-5-3-1;/h3-5,9H,1-2H3;3-5H,1-2H3;1-5H;1-5H2;/q-1;;;;+2. The molecule has 1 heterocycles. The molecular weight excluding hydrogens is 402 g/mol. The molecule has 0 radical (unpaired) electrons. The molecule has 0 atom stereocenters. The normalized spacial score (nSPS) is 11.7. The predicted octanol–water partition coefficient (Wildman–Crippen LogP) is 8.68. The maximum absolute atomic E-state index is 7.44. The van der Waals surface area contributed by atoms with Crippen LogP contribution < -0.4 is 0 Å². The molecule has 0 amide bonds. The van der Waals surface area contributed by atoms with E-state index in [4.69, 9.17) is 5.73 Å². The molecule has 0 bridgehead atoms. The Labute approximate surface area is 194 Å². The maximum atomic E-state index is 7.44. The molecule has 3 nitrogen and oxygen atoms in total. The van der Waals surface area contributed by atoms with E-state index in [9.17, 15) is 0 Å². The Morgan fingerprint density at radius 1 is 0.667 bits per heavy atom. The number of pyridine rings is 1. The first-order valence-electron chi connectivity index (χ1n) is 10.5. The number of hydrogen-bond acceptors (Lipinski definition) is 2. The van der Waals surface area contributed by atoms with Gasteiger partial charge in [-0.1, -0.05) is 67.5 Å². The zero-order valence-electron chi connectivity index (χ0n) is 18.8. The fraction of sp³-hybridized carbons (Fsp3) is 0.346. The van der Waals surface area contributed by atoms with Gasteiger partial charge in [0.25, 0.3) is 0 Å². The monoisotopic (exact) mass is 436 g/mol. The molecule has 4 rings (SSSR count). The Hall–Kier alpha value is -2.10. The van der Waals surface area contributed by atoms with Gasteiger partial charge in [-0.25, -0.2) is 0 Å². The summed E-state index contributed by atoms with van der Waals surface area (Å²) < 4.78 is 4.17. The molecule has 1 N–H and O–H groups in total. The second kappa shape index (κ2) is 15.7. The molecule has 0 spiro atoms. The van der Waals surface area contributed by atoms with Gasteiger partial charge in [0.2, 0.25) is 0 Å². The minimum absolute atomic E-state index is 0.664. The number of nitrogens with one attached hydrogen (secondary N) is 1. The van der Waals surface area contributed by atoms with E-state index < -0.39 is 0 Å². The first-order valence-corrected chi connectivity index (χ1v) is 11.2. The molecule has 1 fully saturated rings. The Morgan fingerprint density at radius 3 is 1.30 bits per heavy atom. The summed E-state index contributed by atoms with van der Waals surface area (Å²) in [6.07, 6.45) is 11.0. The third-order valence-electron chi connectivity index (χ3n) is 4.85. The average molecular weight is 436 g/mol. The molecule has 0 unspecified atom stereocenters. The van der Waals surface area contributed by atoms with Crippen LogP contribution in [0.15, 0.2) is 70.4 Å². The van der Waals surface area contributed by atoms with Crippen molar-refractivity contribution in [1.82, 2.24) is 4.98 Å². The summed E-state index contributed by atoms with van der Waals surface area (Å²) in [6, 6.07) is 17.8. The fourth-order valence-electron chi connectivity index (χ4n) is 2.99. The van der Waals surface area contributed by atoms with Crippen LogP contribution in [-0.2, 0) is 20.3 Å². The van der Waals surface area contributed by atoms with E-state index in [-0.39, 0.29) is 0 Å². The second-order valence-corrected chi connectivity index (χ2v) is 7.76. The second-order valence-electron chi connectivity index (χ2n) is 7.41. The topological polar surface area (TPSA) is 49.0 Å². The van der Waals surface area contributed by atoms with Gasteiger partial charge >= 0.3 is 72.5 Å². The molecule has 0 aliphatic heterocycles. The maximum Gasteiger partial charge on any atom is 0.0267 e. The molecule has 1 saturated carbocycles. The van der Waals surface area contributed by atoms with Crippen molar-refractivity contribution >= 4 is 11.4 Å². The fourth-order valence-corrected chi connectivity index (χ4v) is 3.54. The molecule has 3 aromatic rings. The zero-order valence-corrected chi connectivity index (χ0v) is 20.3. The van der Waals surface area contributed by atoms with Crippen LogP contribution in [0.4, 0.5) is 11.4 Å². The van der Waals surface area contributed by atoms with E-state index in [1.165, 1.54) is 43.2 Å². The van der Waals surface area contributed by atoms with Crippen molar-refractivity contribution in [3.8, 4) is 0 Å². The van der Waals surface area contributed by atoms with Gasteiger partial charge in [0.1, 0.15) is 0 Å². The van der Waals surface area contributed by atoms with Crippen molar-refractivity contribution in [2.24, 2.45) is 3.42 Å². The summed E-state index contributed by atoms with van der Waals surface area (Å²) in [5.74, 6) is 0. The average Bonchev–Trinajstić information content (AvgIpc) is 3.35. The minimum atomic E-state index is 0.664. The summed E-state index contributed by atoms with van der Waals surface area (Å²) in [4.78, 5) is 3.78. The van der Waals surface area contributed by atoms with Crippen molar-refractivity contribution < 1.29 is 20.3 Å². The molecule has 4 heteroatoms. The Balaban J connectivity index is 0.000000207. The van der Waals surface area contributed by atoms with Gasteiger partial charge in [0, 0.05) is 12.4 Å². The van der Waals surface area contributed by atoms with Crippen LogP contribution in [0.5, 0.6) is 0 Å². The van der Waals surface area contributed by atoms with Gasteiger partial charge in [-0.2, -0.15) is 0 Å². The van der Waals surface area contributed by atoms with E-state index in [0.29, 0.717) is 5.69 Å². The summed E-state index contributed by atoms with van der Waals surface area (Å²) in [6.45, 7) is 8.06. The first-order chi connectivity index (χ1) is 14.5. The molecular formula is C26H34N3Ti+. The SMILES string of the molecule is C1CCCC1.Cc1cccc(C)c1[NH-].Cc1cccc(C)c1[N]=[Ti+2].c1ccncc1. The summed E-state index contributed by atoms with van der Waals surface area (Å²) in [5.41, 5.74) is 13.8. The van der Waals surface area contributed by atoms with E-state index in [1.807, 2.05) is 70.5 Å². The van der Waals surface area contributed by atoms with Crippen LogP contribution in [0.1, 0.15) is 54.4 Å². The van der Waals surface area contributed by atoms with Crippen molar-refractivity contribution in [2.45, 2.75) is 59.8 Å². The van der Waals surface area contributed by atoms with Crippen LogP contribution in [0.3, 0.4) is 0 Å². The molecule has 30 heavy (non-hydrogen) atoms. The van der Waals surface area contributed by atoms with Crippen LogP contribution in [-0.4, -0.2) is 4.98 Å². The Bertz CT molecular complexity index is 785. The van der Waals surface area contributed by atoms with E-state index >= 15 is 0 Å². The Morgan fingerprint density at radius 2 is 1.07 bits per heavy atom. The van der Waals surface area contributed by atoms with Gasteiger partial charge in [0.15, 0.2) is 0 Å². The van der Waals surface area contributed by atoms with Crippen molar-refractivity contribution in [2.75, 3.05) is 0 Å². The van der Waals surface area contributed by atoms with Crippen molar-refractivity contribution in [3.05, 3.63) is 95.0 Å². The minimum Gasteiger partial charge on any atom is -0.265 e. The Kier molecular flexibility index (Phi) is 13.6. The van der Waals surface area contributed by atoms with Gasteiger partial charge in [0.05, 0.1) is 0 Å². The van der Waals surface area contributed by atoms with Crippen molar-refractivity contribution in [1.29, 1.82) is 0 Å². The van der Waals surface area contributed by atoms with Gasteiger partial charge < -0.3 is 5.73 Å². The molecule has 1 aliphatic rings. The molecule has 0 saturated heterocycles. The van der Waals surface area contributed by atoms with Crippen LogP contribution >= 0.6 is 0 Å². The number of nitrogens with zero attached hydrogens (tertiary/aromatic N) is 2. The molecule has 1 aromatic heterocycles. The number of benzene rings is 2. The number of hydrogen-bond donors (Lipinski definition) is 0. The number of aryl methyl sites for hydroxylation is 4. The molecule has 1 aliphatic carbocycles. The third-order valence-corrected chi connectivity index (χ3v) is 5.20. The van der Waals surface area contributed by atoms with Crippen LogP contribution in [0, 0.1) is 27.7 Å². The zero-order chi connectivity index (χ0) is 22.2. The van der Waals surface area contributed by atoms with E-state index in [0.717, 1.165) is 16.8 Å². The summed E-state index contributed by atoms with van der Waals surface area (Å²) >= 11 is 1.83. The molecule has 156 valence electrons. The smallest absolute Gasteiger partial charge is 0.0267 e. The first kappa shape index (κ1) is 25.9. The third kappa shape index (κ3) is 10.6. The van der Waals surface area contributed by atoms with E-state index in [2.05, 4.69) is 40.4 Å². The van der Waals surface area contributed by atoms with Gasteiger partial charge in [-0.15, -0.1) is 5.69 Å². The van der Waals surface area contributed by atoms with Crippen LogP contribution in [0.2, 0.25) is 0 Å². The van der Waals surface area contributed by atoms with Gasteiger partial charge in [-0.05, 0) is 26.0 Å². The largest absolute Gasteiger partial charge is 0.265 e. The number of rotatable bonds is 1. The predicted molar refractivity (Wildman–Crippen MR) is 125 cm³/mol. The summed E-state index contributed by atoms with van der Waals surface area (Å²) in [7, 11) is 0. The van der Waals surface area contributed by atoms with Crippen LogP contribution in [0.25, 0.3) is 5.73 Å². The molecule has 2 aromatic carbocycles. The van der Waals surface area contributed by atoms with Crippen molar-refractivity contribution in [3.63, 3.8) is 0 Å².